The first-order valence-electron chi connectivity index (χ1n) is 8.56. The molecule has 2 heterocycles. The monoisotopic (exact) mass is 343 g/mol. The van der Waals surface area contributed by atoms with E-state index in [2.05, 4.69) is 10.2 Å². The van der Waals surface area contributed by atoms with Gasteiger partial charge in [-0.3, -0.25) is 4.79 Å². The van der Waals surface area contributed by atoms with Gasteiger partial charge in [-0.15, -0.1) is 5.10 Å². The molecule has 0 atom stereocenters. The summed E-state index contributed by atoms with van der Waals surface area (Å²) < 4.78 is 19.3. The van der Waals surface area contributed by atoms with Gasteiger partial charge >= 0.3 is 0 Å². The zero-order chi connectivity index (χ0) is 17.6. The summed E-state index contributed by atoms with van der Waals surface area (Å²) in [4.78, 5) is 14.2. The number of likely N-dealkylation sites (tertiary alicyclic amines) is 1. The van der Waals surface area contributed by atoms with Gasteiger partial charge in [-0.2, -0.15) is 5.10 Å². The Morgan fingerprint density at radius 3 is 2.64 bits per heavy atom. The van der Waals surface area contributed by atoms with Crippen molar-refractivity contribution in [2.45, 2.75) is 26.2 Å². The molecule has 6 heteroatoms. The first kappa shape index (κ1) is 17.3. The number of halogens is 1. The molecule has 0 spiro atoms. The number of hydrogen-bond acceptors (Lipinski definition) is 4. The Labute approximate surface area is 146 Å². The Balaban J connectivity index is 1.44. The van der Waals surface area contributed by atoms with Crippen LogP contribution in [0.5, 0.6) is 5.88 Å². The molecule has 3 rings (SSSR count). The highest BCUT2D eigenvalue weighted by Crippen LogP contribution is 2.20. The molecule has 0 aliphatic carbocycles. The summed E-state index contributed by atoms with van der Waals surface area (Å²) in [6, 6.07) is 10.1. The number of ether oxygens (including phenoxy) is 1. The van der Waals surface area contributed by atoms with E-state index >= 15 is 0 Å². The summed E-state index contributed by atoms with van der Waals surface area (Å²) in [6.07, 6.45) is 1.87. The van der Waals surface area contributed by atoms with Crippen LogP contribution in [-0.2, 0) is 11.2 Å². The lowest BCUT2D eigenvalue weighted by atomic mass is 9.97. The highest BCUT2D eigenvalue weighted by Gasteiger charge is 2.24. The summed E-state index contributed by atoms with van der Waals surface area (Å²) in [5, 5.41) is 7.96. The van der Waals surface area contributed by atoms with Crippen molar-refractivity contribution in [1.29, 1.82) is 0 Å². The molecule has 25 heavy (non-hydrogen) atoms. The van der Waals surface area contributed by atoms with Crippen LogP contribution in [0.4, 0.5) is 4.39 Å². The van der Waals surface area contributed by atoms with Gasteiger partial charge in [0.05, 0.1) is 18.7 Å². The van der Waals surface area contributed by atoms with Crippen LogP contribution in [0.2, 0.25) is 0 Å². The maximum atomic E-state index is 13.7. The summed E-state index contributed by atoms with van der Waals surface area (Å²) in [5.41, 5.74) is 1.31. The van der Waals surface area contributed by atoms with Crippen molar-refractivity contribution >= 4 is 5.91 Å². The van der Waals surface area contributed by atoms with Crippen molar-refractivity contribution in [2.75, 3.05) is 19.7 Å². The molecule has 0 saturated carbocycles. The van der Waals surface area contributed by atoms with Crippen molar-refractivity contribution in [3.05, 3.63) is 53.5 Å². The first-order valence-corrected chi connectivity index (χ1v) is 8.56. The van der Waals surface area contributed by atoms with Gasteiger partial charge in [0.15, 0.2) is 0 Å². The zero-order valence-electron chi connectivity index (χ0n) is 14.3. The number of carbonyl (C=O) groups is 1. The molecule has 1 aromatic heterocycles. The number of carbonyl (C=O) groups excluding carboxylic acids is 1. The normalized spacial score (nSPS) is 15.2. The molecule has 5 nitrogen and oxygen atoms in total. The van der Waals surface area contributed by atoms with Crippen LogP contribution in [0.3, 0.4) is 0 Å². The standard InChI is InChI=1S/C19H22FN3O2/c1-14-6-7-18(22-21-14)25-13-15-8-10-23(11-9-15)19(24)12-16-4-2-3-5-17(16)20/h2-7,15H,8-13H2,1H3. The number of rotatable bonds is 5. The average Bonchev–Trinajstić information content (AvgIpc) is 2.63. The van der Waals surface area contributed by atoms with Gasteiger partial charge in [-0.1, -0.05) is 18.2 Å². The second kappa shape index (κ2) is 8.05. The lowest BCUT2D eigenvalue weighted by Crippen LogP contribution is -2.40. The molecule has 1 amide bonds. The van der Waals surface area contributed by atoms with Crippen LogP contribution in [0.25, 0.3) is 0 Å². The van der Waals surface area contributed by atoms with E-state index in [0.29, 0.717) is 37.1 Å². The van der Waals surface area contributed by atoms with E-state index in [1.807, 2.05) is 24.0 Å². The molecule has 132 valence electrons. The van der Waals surface area contributed by atoms with Crippen molar-refractivity contribution in [3.8, 4) is 5.88 Å². The van der Waals surface area contributed by atoms with E-state index in [1.165, 1.54) is 6.07 Å². The van der Waals surface area contributed by atoms with Crippen LogP contribution >= 0.6 is 0 Å². The van der Waals surface area contributed by atoms with Crippen LogP contribution in [-0.4, -0.2) is 40.7 Å². The van der Waals surface area contributed by atoms with E-state index in [0.717, 1.165) is 18.5 Å². The van der Waals surface area contributed by atoms with Gasteiger partial charge in [0.25, 0.3) is 0 Å². The third kappa shape index (κ3) is 4.75. The van der Waals surface area contributed by atoms with Crippen molar-refractivity contribution in [2.24, 2.45) is 5.92 Å². The Kier molecular flexibility index (Phi) is 5.58. The van der Waals surface area contributed by atoms with Gasteiger partial charge in [-0.25, -0.2) is 4.39 Å². The maximum absolute atomic E-state index is 13.7. The number of hydrogen-bond donors (Lipinski definition) is 0. The van der Waals surface area contributed by atoms with Crippen LogP contribution in [0.15, 0.2) is 36.4 Å². The molecule has 1 aliphatic rings. The summed E-state index contributed by atoms with van der Waals surface area (Å²) >= 11 is 0. The van der Waals surface area contributed by atoms with Gasteiger partial charge in [0.2, 0.25) is 11.8 Å². The molecule has 1 aromatic carbocycles. The van der Waals surface area contributed by atoms with Crippen LogP contribution in [0, 0.1) is 18.7 Å². The number of amides is 1. The third-order valence-electron chi connectivity index (χ3n) is 4.51. The van der Waals surface area contributed by atoms with Gasteiger partial charge in [0, 0.05) is 19.2 Å². The fourth-order valence-corrected chi connectivity index (χ4v) is 2.93. The van der Waals surface area contributed by atoms with E-state index in [-0.39, 0.29) is 18.1 Å². The summed E-state index contributed by atoms with van der Waals surface area (Å²) in [7, 11) is 0. The minimum Gasteiger partial charge on any atom is -0.476 e. The number of nitrogens with zero attached hydrogens (tertiary/aromatic N) is 3. The molecule has 1 aliphatic heterocycles. The fraction of sp³-hybridized carbons (Fsp3) is 0.421. The van der Waals surface area contributed by atoms with Crippen molar-refractivity contribution in [3.63, 3.8) is 0 Å². The van der Waals surface area contributed by atoms with E-state index < -0.39 is 0 Å². The number of aromatic nitrogens is 2. The Morgan fingerprint density at radius 2 is 1.96 bits per heavy atom. The van der Waals surface area contributed by atoms with Gasteiger partial charge < -0.3 is 9.64 Å². The highest BCUT2D eigenvalue weighted by molar-refractivity contribution is 5.78. The third-order valence-corrected chi connectivity index (χ3v) is 4.51. The predicted octanol–water partition coefficient (Wildman–Crippen LogP) is 2.78. The van der Waals surface area contributed by atoms with Crippen LogP contribution < -0.4 is 4.74 Å². The van der Waals surface area contributed by atoms with Crippen molar-refractivity contribution < 1.29 is 13.9 Å². The largest absolute Gasteiger partial charge is 0.476 e. The van der Waals surface area contributed by atoms with E-state index in [4.69, 9.17) is 4.74 Å². The maximum Gasteiger partial charge on any atom is 0.233 e. The van der Waals surface area contributed by atoms with E-state index in [9.17, 15) is 9.18 Å². The topological polar surface area (TPSA) is 55.3 Å². The summed E-state index contributed by atoms with van der Waals surface area (Å²) in [6.45, 7) is 3.82. The van der Waals surface area contributed by atoms with Crippen molar-refractivity contribution in [1.82, 2.24) is 15.1 Å². The van der Waals surface area contributed by atoms with Crippen LogP contribution in [0.1, 0.15) is 24.1 Å². The number of benzene rings is 1. The minimum absolute atomic E-state index is 0.0196. The number of aryl methyl sites for hydroxylation is 1. The predicted molar refractivity (Wildman–Crippen MR) is 91.7 cm³/mol. The second-order valence-electron chi connectivity index (χ2n) is 6.42. The molecule has 1 saturated heterocycles. The quantitative estimate of drug-likeness (QED) is 0.838. The van der Waals surface area contributed by atoms with E-state index in [1.54, 1.807) is 18.2 Å². The number of piperidine rings is 1. The Hall–Kier alpha value is -2.50. The SMILES string of the molecule is Cc1ccc(OCC2CCN(C(=O)Cc3ccccc3F)CC2)nn1. The fourth-order valence-electron chi connectivity index (χ4n) is 2.93. The lowest BCUT2D eigenvalue weighted by molar-refractivity contribution is -0.132. The first-order chi connectivity index (χ1) is 12.1. The zero-order valence-corrected chi connectivity index (χ0v) is 14.3. The molecular formula is C19H22FN3O2. The molecule has 1 fully saturated rings. The minimum atomic E-state index is -0.321. The molecule has 0 radical (unpaired) electrons. The van der Waals surface area contributed by atoms with Gasteiger partial charge in [0.1, 0.15) is 5.82 Å². The molecule has 0 unspecified atom stereocenters. The van der Waals surface area contributed by atoms with Gasteiger partial charge in [-0.05, 0) is 43.4 Å². The Bertz CT molecular complexity index is 713. The second-order valence-corrected chi connectivity index (χ2v) is 6.42. The lowest BCUT2D eigenvalue weighted by Gasteiger charge is -2.32. The average molecular weight is 343 g/mol. The molecule has 2 aromatic rings. The molecule has 0 N–H and O–H groups in total. The smallest absolute Gasteiger partial charge is 0.233 e. The summed E-state index contributed by atoms with van der Waals surface area (Å²) in [5.74, 6) is 0.580. The molecule has 0 bridgehead atoms. The highest BCUT2D eigenvalue weighted by atomic mass is 19.1. The molecular weight excluding hydrogens is 321 g/mol. The Morgan fingerprint density at radius 1 is 1.20 bits per heavy atom.